The zero-order valence-corrected chi connectivity index (χ0v) is 11.1. The van der Waals surface area contributed by atoms with Crippen LogP contribution in [0.15, 0.2) is 0 Å². The second-order valence-corrected chi connectivity index (χ2v) is 5.87. The number of carbonyl (C=O) groups excluding carboxylic acids is 1. The summed E-state index contributed by atoms with van der Waals surface area (Å²) in [6.45, 7) is 1.27. The fraction of sp³-hybridized carbons (Fsp3) is 0.929. The van der Waals surface area contributed by atoms with Crippen LogP contribution in [0.4, 0.5) is 0 Å². The molecule has 0 bridgehead atoms. The highest BCUT2D eigenvalue weighted by molar-refractivity contribution is 5.76. The van der Waals surface area contributed by atoms with Crippen LogP contribution >= 0.6 is 0 Å². The van der Waals surface area contributed by atoms with Gasteiger partial charge in [-0.25, -0.2) is 0 Å². The standard InChI is InChI=1S/C14H25NO3/c16-13(9-12-5-3-1-2-4-6-12)15-10-14(17)7-8-18-11-14/h12,17H,1-11H2,(H,15,16). The third-order valence-electron chi connectivity index (χ3n) is 4.15. The largest absolute Gasteiger partial charge is 0.386 e. The maximum absolute atomic E-state index is 11.9. The van der Waals surface area contributed by atoms with Gasteiger partial charge in [-0.3, -0.25) is 4.79 Å². The topological polar surface area (TPSA) is 58.6 Å². The van der Waals surface area contributed by atoms with Crippen molar-refractivity contribution in [2.24, 2.45) is 5.92 Å². The van der Waals surface area contributed by atoms with Crippen molar-refractivity contribution in [3.05, 3.63) is 0 Å². The number of hydrogen-bond donors (Lipinski definition) is 2. The Hall–Kier alpha value is -0.610. The predicted molar refractivity (Wildman–Crippen MR) is 69.2 cm³/mol. The SMILES string of the molecule is O=C(CC1CCCCCC1)NCC1(O)CCOC1. The molecule has 1 unspecified atom stereocenters. The molecule has 0 aromatic heterocycles. The van der Waals surface area contributed by atoms with Gasteiger partial charge in [-0.2, -0.15) is 0 Å². The van der Waals surface area contributed by atoms with E-state index in [2.05, 4.69) is 5.32 Å². The van der Waals surface area contributed by atoms with Gasteiger partial charge in [0.05, 0.1) is 6.61 Å². The van der Waals surface area contributed by atoms with Crippen molar-refractivity contribution < 1.29 is 14.6 Å². The molecule has 2 fully saturated rings. The number of aliphatic hydroxyl groups is 1. The maximum Gasteiger partial charge on any atom is 0.220 e. The van der Waals surface area contributed by atoms with E-state index in [1.165, 1.54) is 38.5 Å². The second kappa shape index (κ2) is 6.53. The summed E-state index contributed by atoms with van der Waals surface area (Å²) in [5, 5.41) is 12.9. The van der Waals surface area contributed by atoms with Crippen LogP contribution in [0.2, 0.25) is 0 Å². The highest BCUT2D eigenvalue weighted by atomic mass is 16.5. The minimum absolute atomic E-state index is 0.0854. The molecule has 1 aliphatic heterocycles. The lowest BCUT2D eigenvalue weighted by Crippen LogP contribution is -2.43. The molecule has 2 N–H and O–H groups in total. The number of rotatable bonds is 4. The molecule has 0 radical (unpaired) electrons. The van der Waals surface area contributed by atoms with Gasteiger partial charge in [-0.15, -0.1) is 0 Å². The fourth-order valence-corrected chi connectivity index (χ4v) is 2.90. The average molecular weight is 255 g/mol. The molecule has 1 atom stereocenters. The van der Waals surface area contributed by atoms with Crippen LogP contribution in [-0.4, -0.2) is 36.4 Å². The van der Waals surface area contributed by atoms with Gasteiger partial charge in [0.25, 0.3) is 0 Å². The average Bonchev–Trinajstić information content (AvgIpc) is 2.62. The lowest BCUT2D eigenvalue weighted by atomic mass is 9.96. The Morgan fingerprint density at radius 3 is 2.61 bits per heavy atom. The minimum Gasteiger partial charge on any atom is -0.386 e. The summed E-state index contributed by atoms with van der Waals surface area (Å²) in [5.74, 6) is 0.629. The zero-order valence-electron chi connectivity index (χ0n) is 11.1. The Balaban J connectivity index is 1.67. The second-order valence-electron chi connectivity index (χ2n) is 5.87. The van der Waals surface area contributed by atoms with Crippen LogP contribution in [-0.2, 0) is 9.53 Å². The first-order chi connectivity index (χ1) is 8.68. The molecule has 0 aromatic carbocycles. The first-order valence-electron chi connectivity index (χ1n) is 7.25. The minimum atomic E-state index is -0.834. The normalized spacial score (nSPS) is 30.1. The van der Waals surface area contributed by atoms with Crippen LogP contribution in [0.5, 0.6) is 0 Å². The van der Waals surface area contributed by atoms with Crippen molar-refractivity contribution in [2.45, 2.75) is 57.0 Å². The van der Waals surface area contributed by atoms with E-state index in [1.807, 2.05) is 0 Å². The van der Waals surface area contributed by atoms with E-state index in [0.717, 1.165) is 0 Å². The van der Waals surface area contributed by atoms with E-state index in [0.29, 0.717) is 38.5 Å². The molecule has 1 amide bonds. The Labute approximate surface area is 109 Å². The van der Waals surface area contributed by atoms with Crippen LogP contribution in [0.25, 0.3) is 0 Å². The maximum atomic E-state index is 11.9. The number of hydrogen-bond acceptors (Lipinski definition) is 3. The highest BCUT2D eigenvalue weighted by Gasteiger charge is 2.32. The summed E-state index contributed by atoms with van der Waals surface area (Å²) in [5.41, 5.74) is -0.834. The van der Waals surface area contributed by atoms with Crippen molar-refractivity contribution in [2.75, 3.05) is 19.8 Å². The van der Waals surface area contributed by atoms with Gasteiger partial charge >= 0.3 is 0 Å². The van der Waals surface area contributed by atoms with Gasteiger partial charge in [0.2, 0.25) is 5.91 Å². The summed E-state index contributed by atoms with van der Waals surface area (Å²) >= 11 is 0. The molecule has 104 valence electrons. The van der Waals surface area contributed by atoms with Crippen molar-refractivity contribution >= 4 is 5.91 Å². The molecule has 1 heterocycles. The van der Waals surface area contributed by atoms with Gasteiger partial charge in [-0.05, 0) is 18.8 Å². The fourth-order valence-electron chi connectivity index (χ4n) is 2.90. The van der Waals surface area contributed by atoms with Gasteiger partial charge in [0, 0.05) is 26.0 Å². The van der Waals surface area contributed by atoms with E-state index in [1.54, 1.807) is 0 Å². The first kappa shape index (κ1) is 13.8. The summed E-state index contributed by atoms with van der Waals surface area (Å²) in [6, 6.07) is 0. The quantitative estimate of drug-likeness (QED) is 0.750. The van der Waals surface area contributed by atoms with Crippen LogP contribution in [0.3, 0.4) is 0 Å². The molecule has 0 spiro atoms. The number of nitrogens with one attached hydrogen (secondary N) is 1. The third kappa shape index (κ3) is 4.25. The Morgan fingerprint density at radius 2 is 2.00 bits per heavy atom. The smallest absolute Gasteiger partial charge is 0.220 e. The molecule has 1 aliphatic carbocycles. The van der Waals surface area contributed by atoms with Crippen LogP contribution < -0.4 is 5.32 Å². The first-order valence-corrected chi connectivity index (χ1v) is 7.25. The molecule has 18 heavy (non-hydrogen) atoms. The highest BCUT2D eigenvalue weighted by Crippen LogP contribution is 2.25. The lowest BCUT2D eigenvalue weighted by molar-refractivity contribution is -0.123. The van der Waals surface area contributed by atoms with Crippen LogP contribution in [0.1, 0.15) is 51.4 Å². The van der Waals surface area contributed by atoms with E-state index >= 15 is 0 Å². The van der Waals surface area contributed by atoms with Gasteiger partial charge in [0.15, 0.2) is 0 Å². The molecule has 0 aromatic rings. The molecule has 4 heteroatoms. The van der Waals surface area contributed by atoms with Crippen molar-refractivity contribution in [3.63, 3.8) is 0 Å². The number of carbonyl (C=O) groups is 1. The van der Waals surface area contributed by atoms with Crippen molar-refractivity contribution in [1.29, 1.82) is 0 Å². The summed E-state index contributed by atoms with van der Waals surface area (Å²) in [6.07, 6.45) is 8.76. The Kier molecular flexibility index (Phi) is 5.01. The molecule has 2 rings (SSSR count). The van der Waals surface area contributed by atoms with Crippen LogP contribution in [0, 0.1) is 5.92 Å². The molecule has 1 saturated carbocycles. The molecule has 2 aliphatic rings. The molecular formula is C14H25NO3. The van der Waals surface area contributed by atoms with E-state index in [9.17, 15) is 9.90 Å². The lowest BCUT2D eigenvalue weighted by Gasteiger charge is -2.21. The summed E-state index contributed by atoms with van der Waals surface area (Å²) < 4.78 is 5.16. The van der Waals surface area contributed by atoms with Gasteiger partial charge in [0.1, 0.15) is 5.60 Å². The number of ether oxygens (including phenoxy) is 1. The molecular weight excluding hydrogens is 230 g/mol. The predicted octanol–water partition coefficient (Wildman–Crippen LogP) is 1.61. The van der Waals surface area contributed by atoms with Crippen molar-refractivity contribution in [3.8, 4) is 0 Å². The van der Waals surface area contributed by atoms with E-state index in [4.69, 9.17) is 4.74 Å². The Morgan fingerprint density at radius 1 is 1.28 bits per heavy atom. The van der Waals surface area contributed by atoms with Gasteiger partial charge < -0.3 is 15.2 Å². The summed E-state index contributed by atoms with van der Waals surface area (Å²) in [7, 11) is 0. The third-order valence-corrected chi connectivity index (χ3v) is 4.15. The Bertz CT molecular complexity index is 266. The van der Waals surface area contributed by atoms with Gasteiger partial charge in [-0.1, -0.05) is 25.7 Å². The van der Waals surface area contributed by atoms with E-state index in [-0.39, 0.29) is 5.91 Å². The zero-order chi connectivity index (χ0) is 12.8. The summed E-state index contributed by atoms with van der Waals surface area (Å²) in [4.78, 5) is 11.9. The monoisotopic (exact) mass is 255 g/mol. The van der Waals surface area contributed by atoms with Crippen molar-refractivity contribution in [1.82, 2.24) is 5.32 Å². The van der Waals surface area contributed by atoms with E-state index < -0.39 is 5.60 Å². The molecule has 1 saturated heterocycles. The molecule has 4 nitrogen and oxygen atoms in total. The number of amides is 1.